The van der Waals surface area contributed by atoms with Crippen molar-refractivity contribution in [2.75, 3.05) is 82.3 Å². The summed E-state index contributed by atoms with van der Waals surface area (Å²) < 4.78 is 38.8. The number of ether oxygens (including phenoxy) is 5. The summed E-state index contributed by atoms with van der Waals surface area (Å²) in [5.74, 6) is 2.87. The molecule has 8 saturated carbocycles. The molecule has 147 heavy (non-hydrogen) atoms. The van der Waals surface area contributed by atoms with Crippen molar-refractivity contribution >= 4 is 70.0 Å². The molecule has 0 saturated heterocycles. The van der Waals surface area contributed by atoms with Gasteiger partial charge in [0.1, 0.15) is 60.7 Å². The summed E-state index contributed by atoms with van der Waals surface area (Å²) in [6.45, 7) is 36.3. The normalized spacial score (nSPS) is 29.9. The molecule has 28 heteroatoms. The van der Waals surface area contributed by atoms with Crippen LogP contribution in [0.4, 0.5) is 16.2 Å². The van der Waals surface area contributed by atoms with Gasteiger partial charge in [-0.25, -0.2) is 19.0 Å². The number of nitrogens with zero attached hydrogens (tertiary/aromatic N) is 4. The van der Waals surface area contributed by atoms with Gasteiger partial charge in [0.25, 0.3) is 0 Å². The number of hydrogen-bond donors (Lipinski definition) is 5. The molecule has 16 rings (SSSR count). The van der Waals surface area contributed by atoms with E-state index < -0.39 is 98.6 Å². The van der Waals surface area contributed by atoms with E-state index in [0.29, 0.717) is 87.5 Å². The van der Waals surface area contributed by atoms with Crippen molar-refractivity contribution in [3.05, 3.63) is 160 Å². The van der Waals surface area contributed by atoms with E-state index in [9.17, 15) is 58.8 Å². The van der Waals surface area contributed by atoms with E-state index in [1.807, 2.05) is 12.1 Å². The van der Waals surface area contributed by atoms with E-state index in [0.717, 1.165) is 151 Å². The quantitative estimate of drug-likeness (QED) is 0.00699. The van der Waals surface area contributed by atoms with E-state index in [4.69, 9.17) is 45.3 Å². The van der Waals surface area contributed by atoms with Gasteiger partial charge >= 0.3 is 77.7 Å². The van der Waals surface area contributed by atoms with Crippen molar-refractivity contribution < 1.29 is 129 Å². The second-order valence-electron chi connectivity index (χ2n) is 46.8. The number of allylic oxidation sites excluding steroid dienone is 5. The Morgan fingerprint density at radius 1 is 0.626 bits per heavy atom. The van der Waals surface area contributed by atoms with Crippen LogP contribution in [0.1, 0.15) is 317 Å². The molecule has 11 aliphatic carbocycles. The minimum absolute atomic E-state index is 0. The van der Waals surface area contributed by atoms with Gasteiger partial charge in [0.05, 0.1) is 43.3 Å². The Bertz CT molecular complexity index is 5250. The fourth-order valence-corrected chi connectivity index (χ4v) is 29.0. The first-order chi connectivity index (χ1) is 69.2. The Morgan fingerprint density at radius 2 is 1.19 bits per heavy atom. The van der Waals surface area contributed by atoms with Crippen LogP contribution in [0.3, 0.4) is 0 Å². The van der Waals surface area contributed by atoms with E-state index in [2.05, 4.69) is 167 Å². The van der Waals surface area contributed by atoms with Crippen LogP contribution < -0.4 is 42.3 Å². The van der Waals surface area contributed by atoms with E-state index in [1.54, 1.807) is 36.4 Å². The van der Waals surface area contributed by atoms with Gasteiger partial charge in [-0.2, -0.15) is 5.92 Å². The molecule has 2 heterocycles. The van der Waals surface area contributed by atoms with Crippen LogP contribution in [-0.2, 0) is 85.1 Å². The number of carboxylic acids is 4. The number of benzene rings is 3. The molecule has 0 radical (unpaired) electrons. The number of fused-ring (bicyclic) bond motifs is 13. The zero-order chi connectivity index (χ0) is 105. The van der Waals surface area contributed by atoms with Gasteiger partial charge < -0.3 is 87.1 Å². The van der Waals surface area contributed by atoms with Crippen molar-refractivity contribution in [2.24, 2.45) is 116 Å². The molecule has 1 aromatic heterocycles. The maximum Gasteiger partial charge on any atom is 2.00 e. The minimum atomic E-state index is -1.57. The number of esters is 2. The largest absolute Gasteiger partial charge is 2.00 e. The van der Waals surface area contributed by atoms with Crippen LogP contribution in [0, 0.1) is 111 Å². The molecule has 1 aliphatic heterocycles. The molecule has 26 nitrogen and oxygen atoms in total. The third-order valence-corrected chi connectivity index (χ3v) is 37.0. The molecule has 0 spiro atoms. The number of amides is 1. The Hall–Kier alpha value is -7.67. The Morgan fingerprint density at radius 3 is 1.73 bits per heavy atom. The summed E-state index contributed by atoms with van der Waals surface area (Å²) in [6.07, 6.45) is 43.3. The molecule has 8 N–H and O–H groups in total. The predicted molar refractivity (Wildman–Crippen MR) is 565 cm³/mol. The zero-order valence-electron chi connectivity index (χ0n) is 90.2. The third-order valence-electron chi connectivity index (χ3n) is 37.0. The number of carbonyl (C=O) groups is 7. The monoisotopic (exact) mass is 2390 g/mol. The SMILES string of the molecule is CC(C)CCC[C@@H](C)[C@H]1CCC2C3CC=C4C[C@@H](OCC(CN(CC(=O)[O-])CC(=O)O)OC(=O)Nc5cc6ccccc6oc5=O)CC[C@]4(C)C3CC[C@@]21C.CCN(CC)c1ccc2c(c1)OC1=CC(=[N+](CC)CC)C=CC1C2c1ccccc1C(=O)OCC(C(=O)O[C@H]1CC[C@@]2(C)C(=CCC3C2CC[C@@]2(C)C3CC[C@@H]2[C@H](C)CCCC(C)C)C1)N(CC(=O)[O-])CC(=O)O.[CH2-]C1CCCCC1N.[NH-]C1CCCCC1N.[Pt+2].[Pt+2]. The van der Waals surface area contributed by atoms with E-state index in [1.165, 1.54) is 146 Å². The van der Waals surface area contributed by atoms with Crippen molar-refractivity contribution in [1.29, 1.82) is 0 Å². The molecule has 12 aliphatic rings. The number of aliphatic carboxylic acids is 4. The molecule has 8 fully saturated rings. The van der Waals surface area contributed by atoms with Crippen molar-refractivity contribution in [3.63, 3.8) is 0 Å². The summed E-state index contributed by atoms with van der Waals surface area (Å²) in [5.41, 5.74) is 25.7. The third kappa shape index (κ3) is 29.3. The van der Waals surface area contributed by atoms with Crippen LogP contribution in [0.5, 0.6) is 5.75 Å². The standard InChI is InChI=1S/C62H85N3O9.C44H62N2O9.C7H14N.C6H13N2.2Pt/c1-10-63(11-2)42-22-25-48-54(34-42)74-55-35-43(64(12-3)13-4)23-26-49(55)58(48)45-19-14-15-20-46(45)59(70)72-38-53(65(36-56(66)67)37-57(68)69)60(71)73-44-29-31-61(8)41(33-44)21-24-47-51-28-27-50(40(7)18-16-17-39(5)6)62(51,9)32-30-52(47)61;1-27(2)9-8-10-28(3)34-15-16-35-33-14-13-30-22-31(17-19-43(30,4)36(33)18-20-44(34,35)5)53-26-32(23-46(24-39(47)48)25-40(49)50)54-42(52)45-37-21-29-11-6-7-12-38(29)55-41(37)51;1-6-4-2-3-5-7(6)8;7-5-3-1-2-4-6(5)8;;/h14-15,19-23,25-26,34-35,39-40,44,47-48,50-53,58H,10-13,16-18,24,27-33,36-38H2,1-9H3,(H-,66,67,68,69);6-7,11-13,21,27-28,31-36H,8-10,14-20,22-26H2,1-5H3,(H,45,52)(H,47,48)(H,49,50);6-7H,1-5,8H2;5-7H,1-4,8H2;;/q;;2*-1;2*+2/p-1/t40-,44+,47?,48?,50-,51?,52?,53?,58?,61+,62-;28-,31+,32?,33?,34-,35?,36?,43+,44-;;;;/m11..../s1. The first-order valence-electron chi connectivity index (χ1n) is 55.6. The predicted octanol–water partition coefficient (Wildman–Crippen LogP) is 20.2. The molecule has 3 aromatic carbocycles. The summed E-state index contributed by atoms with van der Waals surface area (Å²) in [6, 6.07) is 20.9. The second kappa shape index (κ2) is 54.2. The van der Waals surface area contributed by atoms with Crippen molar-refractivity contribution in [2.45, 2.75) is 338 Å². The van der Waals surface area contributed by atoms with Crippen LogP contribution in [-0.4, -0.2) is 187 Å². The number of carboxylic acid groups (broad SMARTS) is 4. The van der Waals surface area contributed by atoms with Crippen molar-refractivity contribution in [1.82, 2.24) is 9.80 Å². The number of nitrogens with one attached hydrogen (secondary N) is 2. The molecule has 1 amide bonds. The Balaban J connectivity index is 0.000000246. The second-order valence-corrected chi connectivity index (χ2v) is 46.8. The molecule has 14 unspecified atom stereocenters. The molecule has 4 aromatic rings. The van der Waals surface area contributed by atoms with Gasteiger partial charge in [-0.05, 0) is 271 Å². The summed E-state index contributed by atoms with van der Waals surface area (Å²) >= 11 is 0. The zero-order valence-corrected chi connectivity index (χ0v) is 94.8. The fraction of sp³-hybridized carbons (Fsp3) is 0.681. The minimum Gasteiger partial charge on any atom is -0.673 e. The van der Waals surface area contributed by atoms with Gasteiger partial charge in [-0.3, -0.25) is 29.5 Å². The molecule has 24 atom stereocenters. The number of nitrogens with two attached hydrogens (primary N) is 2. The van der Waals surface area contributed by atoms with Crippen molar-refractivity contribution in [3.8, 4) is 5.75 Å². The average molecular weight is 2390 g/mol. The van der Waals surface area contributed by atoms with E-state index in [-0.39, 0.29) is 107 Å². The van der Waals surface area contributed by atoms with Crippen LogP contribution in [0.2, 0.25) is 0 Å². The smallest absolute Gasteiger partial charge is 0.673 e. The summed E-state index contributed by atoms with van der Waals surface area (Å²) in [4.78, 5) is 107. The summed E-state index contributed by atoms with van der Waals surface area (Å²) in [7, 11) is 0. The van der Waals surface area contributed by atoms with Gasteiger partial charge in [0, 0.05) is 85.8 Å². The molecular formula is C119H173N8O18Pt2+. The molecule has 816 valence electrons. The number of carbonyl (C=O) groups excluding carboxylic acids is 5. The van der Waals surface area contributed by atoms with Crippen LogP contribution in [0.15, 0.2) is 129 Å². The van der Waals surface area contributed by atoms with Gasteiger partial charge in [-0.1, -0.05) is 218 Å². The topological polar surface area (TPSA) is 383 Å². The number of anilines is 2. The van der Waals surface area contributed by atoms with Gasteiger partial charge in [-0.15, -0.1) is 6.04 Å². The number of hydrogen-bond acceptors (Lipinski definition) is 21. The van der Waals surface area contributed by atoms with Gasteiger partial charge in [0.2, 0.25) is 5.71 Å². The summed E-state index contributed by atoms with van der Waals surface area (Å²) in [5, 5.41) is 46.1. The molecule has 0 bridgehead atoms. The first-order valence-corrected chi connectivity index (χ1v) is 55.6. The number of para-hydroxylation sites is 1. The van der Waals surface area contributed by atoms with Crippen LogP contribution in [0.25, 0.3) is 16.7 Å². The van der Waals surface area contributed by atoms with Crippen LogP contribution >= 0.6 is 0 Å². The average Bonchev–Trinajstić information content (AvgIpc) is 1.61. The first kappa shape index (κ1) is 120. The number of rotatable bonds is 37. The Labute approximate surface area is 904 Å². The van der Waals surface area contributed by atoms with Gasteiger partial charge in [0.15, 0.2) is 0 Å². The fourth-order valence-electron chi connectivity index (χ4n) is 29.0. The van der Waals surface area contributed by atoms with E-state index >= 15 is 0 Å². The Kier molecular flexibility index (Phi) is 44.1. The maximum atomic E-state index is 14.6. The molecular weight excluding hydrogens is 2220 g/mol. The maximum absolute atomic E-state index is 14.6.